The van der Waals surface area contributed by atoms with Crippen LogP contribution in [0.1, 0.15) is 31.5 Å². The van der Waals surface area contributed by atoms with Gasteiger partial charge in [-0.25, -0.2) is 29.3 Å². The molecule has 29 heavy (non-hydrogen) atoms. The number of carbonyl (C=O) groups is 3. The van der Waals surface area contributed by atoms with E-state index in [0.717, 1.165) is 0 Å². The van der Waals surface area contributed by atoms with E-state index in [4.69, 9.17) is 0 Å². The van der Waals surface area contributed by atoms with E-state index in [0.29, 0.717) is 16.3 Å². The zero-order valence-corrected chi connectivity index (χ0v) is 17.9. The Morgan fingerprint density at radius 1 is 0.586 bits per heavy atom. The van der Waals surface area contributed by atoms with Crippen LogP contribution in [0.4, 0.5) is 0 Å². The number of carboxylic acids is 3. The van der Waals surface area contributed by atoms with Gasteiger partial charge in [0.1, 0.15) is 17.1 Å². The fourth-order valence-electron chi connectivity index (χ4n) is 2.35. The molecule has 1 radical (unpaired) electrons. The van der Waals surface area contributed by atoms with Crippen LogP contribution in [0, 0.1) is 0 Å². The van der Waals surface area contributed by atoms with Crippen molar-refractivity contribution in [1.29, 1.82) is 0 Å². The molecule has 0 bridgehead atoms. The number of pyridine rings is 3. The van der Waals surface area contributed by atoms with Gasteiger partial charge >= 0.3 is 17.9 Å². The van der Waals surface area contributed by atoms with Crippen molar-refractivity contribution in [3.8, 4) is 0 Å². The molecule has 3 aromatic rings. The second kappa shape index (κ2) is 9.67. The van der Waals surface area contributed by atoms with Gasteiger partial charge in [0.15, 0.2) is 0 Å². The molecule has 0 saturated carbocycles. The maximum absolute atomic E-state index is 11.3. The molecular weight excluding hydrogens is 408 g/mol. The number of rotatable bonds is 6. The van der Waals surface area contributed by atoms with Gasteiger partial charge in [-0.05, 0) is 36.4 Å². The smallest absolute Gasteiger partial charge is 0.354 e. The summed E-state index contributed by atoms with van der Waals surface area (Å²) in [6, 6.07) is 13.2. The standard InChI is InChI=1S/C18H12N3O6P.Na/c22-16(23)10-4-1-7-13(19-10)28(14-8-2-5-11(20-14)17(24)25)15-9-3-6-12(21-15)18(26)27;/h1-9H,(H,22,23)(H,24,25)(H,26,27);. The van der Waals surface area contributed by atoms with E-state index in [2.05, 4.69) is 15.0 Å². The Balaban J connectivity index is 0.00000300. The van der Waals surface area contributed by atoms with Crippen molar-refractivity contribution in [2.45, 2.75) is 0 Å². The summed E-state index contributed by atoms with van der Waals surface area (Å²) in [5.41, 5.74) is 0.316. The maximum Gasteiger partial charge on any atom is 0.354 e. The van der Waals surface area contributed by atoms with E-state index in [1.165, 1.54) is 36.4 Å². The Hall–Kier alpha value is -2.71. The first kappa shape index (κ1) is 22.6. The third kappa shape index (κ3) is 5.21. The molecule has 9 nitrogen and oxygen atoms in total. The number of hydrogen-bond acceptors (Lipinski definition) is 6. The molecule has 0 saturated heterocycles. The van der Waals surface area contributed by atoms with E-state index in [-0.39, 0.29) is 46.6 Å². The normalized spacial score (nSPS) is 10.2. The molecule has 0 fully saturated rings. The molecule has 3 heterocycles. The van der Waals surface area contributed by atoms with Crippen molar-refractivity contribution in [1.82, 2.24) is 15.0 Å². The number of aromatic nitrogens is 3. The minimum Gasteiger partial charge on any atom is -0.477 e. The van der Waals surface area contributed by atoms with Crippen LogP contribution in [0.5, 0.6) is 0 Å². The largest absolute Gasteiger partial charge is 0.477 e. The summed E-state index contributed by atoms with van der Waals surface area (Å²) in [7, 11) is -1.69. The van der Waals surface area contributed by atoms with Crippen LogP contribution in [-0.2, 0) is 0 Å². The van der Waals surface area contributed by atoms with Crippen molar-refractivity contribution < 1.29 is 29.7 Å². The number of carboxylic acid groups (broad SMARTS) is 3. The molecule has 0 atom stereocenters. The predicted octanol–water partition coefficient (Wildman–Crippen LogP) is 0.344. The monoisotopic (exact) mass is 420 g/mol. The molecule has 0 aliphatic rings. The first-order valence-corrected chi connectivity index (χ1v) is 9.12. The van der Waals surface area contributed by atoms with Gasteiger partial charge in [-0.2, -0.15) is 0 Å². The average molecular weight is 420 g/mol. The fraction of sp³-hybridized carbons (Fsp3) is 0. The van der Waals surface area contributed by atoms with Crippen molar-refractivity contribution >= 4 is 71.7 Å². The minimum absolute atomic E-state index is 0. The molecule has 3 N–H and O–H groups in total. The summed E-state index contributed by atoms with van der Waals surface area (Å²) in [6.45, 7) is 0. The van der Waals surface area contributed by atoms with Crippen molar-refractivity contribution in [2.24, 2.45) is 0 Å². The number of nitrogens with zero attached hydrogens (tertiary/aromatic N) is 3. The zero-order valence-electron chi connectivity index (χ0n) is 15.1. The second-order valence-electron chi connectivity index (χ2n) is 5.39. The van der Waals surface area contributed by atoms with Crippen LogP contribution in [0.3, 0.4) is 0 Å². The molecule has 141 valence electrons. The van der Waals surface area contributed by atoms with E-state index in [1.54, 1.807) is 18.2 Å². The Bertz CT molecular complexity index is 958. The predicted molar refractivity (Wildman–Crippen MR) is 105 cm³/mol. The molecule has 0 spiro atoms. The third-order valence-corrected chi connectivity index (χ3v) is 5.67. The minimum atomic E-state index is -1.69. The summed E-state index contributed by atoms with van der Waals surface area (Å²) in [5.74, 6) is -3.68. The van der Waals surface area contributed by atoms with Gasteiger partial charge in [-0.15, -0.1) is 0 Å². The average Bonchev–Trinajstić information content (AvgIpc) is 2.69. The molecule has 0 aliphatic carbocycles. The number of hydrogen-bond donors (Lipinski definition) is 3. The fourth-order valence-corrected chi connectivity index (χ4v) is 4.39. The zero-order chi connectivity index (χ0) is 20.3. The van der Waals surface area contributed by atoms with Crippen LogP contribution in [0.2, 0.25) is 0 Å². The molecule has 0 aliphatic heterocycles. The van der Waals surface area contributed by atoms with Crippen LogP contribution in [0.25, 0.3) is 0 Å². The molecule has 0 amide bonds. The van der Waals surface area contributed by atoms with E-state index in [1.807, 2.05) is 0 Å². The Kier molecular flexibility index (Phi) is 7.53. The van der Waals surface area contributed by atoms with Crippen molar-refractivity contribution in [3.05, 3.63) is 71.7 Å². The third-order valence-electron chi connectivity index (χ3n) is 3.55. The van der Waals surface area contributed by atoms with Crippen LogP contribution in [-0.4, -0.2) is 77.7 Å². The van der Waals surface area contributed by atoms with Gasteiger partial charge in [-0.3, -0.25) is 0 Å². The molecule has 3 aromatic heterocycles. The van der Waals surface area contributed by atoms with Crippen molar-refractivity contribution in [3.63, 3.8) is 0 Å². The molecule has 0 aromatic carbocycles. The van der Waals surface area contributed by atoms with Gasteiger partial charge in [-0.1, -0.05) is 18.2 Å². The van der Waals surface area contributed by atoms with E-state index < -0.39 is 25.8 Å². The second-order valence-corrected chi connectivity index (χ2v) is 7.44. The summed E-state index contributed by atoms with van der Waals surface area (Å²) < 4.78 is 0. The summed E-state index contributed by atoms with van der Waals surface area (Å²) >= 11 is 0. The van der Waals surface area contributed by atoms with Crippen molar-refractivity contribution in [2.75, 3.05) is 0 Å². The van der Waals surface area contributed by atoms with Gasteiger partial charge in [0, 0.05) is 37.5 Å². The van der Waals surface area contributed by atoms with Gasteiger partial charge in [0.2, 0.25) is 0 Å². The quantitative estimate of drug-likeness (QED) is 0.379. The summed E-state index contributed by atoms with van der Waals surface area (Å²) in [5, 5.41) is 27.7. The summed E-state index contributed by atoms with van der Waals surface area (Å²) in [6.07, 6.45) is 0. The molecule has 3 rings (SSSR count). The molecule has 0 unspecified atom stereocenters. The Morgan fingerprint density at radius 3 is 1.10 bits per heavy atom. The Labute approximate surface area is 187 Å². The van der Waals surface area contributed by atoms with Crippen LogP contribution < -0.4 is 16.3 Å². The molecular formula is C18H12N3NaO6P. The van der Waals surface area contributed by atoms with E-state index in [9.17, 15) is 29.7 Å². The van der Waals surface area contributed by atoms with Crippen LogP contribution >= 0.6 is 7.92 Å². The topological polar surface area (TPSA) is 151 Å². The first-order valence-electron chi connectivity index (χ1n) is 7.78. The SMILES string of the molecule is O=C(O)c1cccc(P(c2cccc(C(=O)O)n2)c2cccc(C(=O)O)n2)n1.[Na]. The first-order chi connectivity index (χ1) is 13.4. The molecule has 11 heteroatoms. The Morgan fingerprint density at radius 2 is 0.862 bits per heavy atom. The maximum atomic E-state index is 11.3. The number of aromatic carboxylic acids is 3. The van der Waals surface area contributed by atoms with Gasteiger partial charge in [0.25, 0.3) is 0 Å². The van der Waals surface area contributed by atoms with Crippen LogP contribution in [0.15, 0.2) is 54.6 Å². The van der Waals surface area contributed by atoms with E-state index >= 15 is 0 Å². The van der Waals surface area contributed by atoms with Gasteiger partial charge < -0.3 is 15.3 Å². The van der Waals surface area contributed by atoms with Gasteiger partial charge in [0.05, 0.1) is 16.3 Å². The summed E-state index contributed by atoms with van der Waals surface area (Å²) in [4.78, 5) is 46.3.